The summed E-state index contributed by atoms with van der Waals surface area (Å²) in [6.07, 6.45) is 6.91. The standard InChI is InChI=1S/C17H23BrFNO/c1-20-16(13-5-4-6-14(18)15(13)19)12-7-10-21-17(11-12)8-2-3-9-17/h4-6,12,16,20H,2-3,7-11H2,1H3. The highest BCUT2D eigenvalue weighted by atomic mass is 79.9. The van der Waals surface area contributed by atoms with Gasteiger partial charge in [-0.15, -0.1) is 0 Å². The highest BCUT2D eigenvalue weighted by molar-refractivity contribution is 9.10. The number of halogens is 2. The van der Waals surface area contributed by atoms with E-state index in [1.165, 1.54) is 25.7 Å². The Hall–Kier alpha value is -0.450. The van der Waals surface area contributed by atoms with Gasteiger partial charge in [0, 0.05) is 18.2 Å². The highest BCUT2D eigenvalue weighted by Gasteiger charge is 2.42. The summed E-state index contributed by atoms with van der Waals surface area (Å²) in [5.41, 5.74) is 0.840. The molecule has 0 aromatic heterocycles. The minimum Gasteiger partial charge on any atom is -0.375 e. The second-order valence-electron chi connectivity index (χ2n) is 6.40. The summed E-state index contributed by atoms with van der Waals surface area (Å²) >= 11 is 3.30. The Labute approximate surface area is 134 Å². The highest BCUT2D eigenvalue weighted by Crippen LogP contribution is 2.45. The van der Waals surface area contributed by atoms with E-state index in [1.807, 2.05) is 19.2 Å². The van der Waals surface area contributed by atoms with E-state index in [0.29, 0.717) is 10.4 Å². The maximum Gasteiger partial charge on any atom is 0.142 e. The third kappa shape index (κ3) is 3.03. The Bertz CT molecular complexity index is 502. The van der Waals surface area contributed by atoms with Crippen LogP contribution in [0.2, 0.25) is 0 Å². The zero-order valence-corrected chi connectivity index (χ0v) is 14.1. The van der Waals surface area contributed by atoms with Crippen molar-refractivity contribution >= 4 is 15.9 Å². The van der Waals surface area contributed by atoms with E-state index in [4.69, 9.17) is 4.74 Å². The van der Waals surface area contributed by atoms with Gasteiger partial charge in [-0.05, 0) is 60.6 Å². The Morgan fingerprint density at radius 3 is 2.86 bits per heavy atom. The van der Waals surface area contributed by atoms with Crippen molar-refractivity contribution in [1.29, 1.82) is 0 Å². The van der Waals surface area contributed by atoms with Gasteiger partial charge in [0.2, 0.25) is 0 Å². The molecule has 1 saturated carbocycles. The third-order valence-electron chi connectivity index (χ3n) is 5.14. The van der Waals surface area contributed by atoms with E-state index in [1.54, 1.807) is 6.07 Å². The van der Waals surface area contributed by atoms with Crippen molar-refractivity contribution in [1.82, 2.24) is 5.32 Å². The molecule has 1 saturated heterocycles. The third-order valence-corrected chi connectivity index (χ3v) is 5.76. The van der Waals surface area contributed by atoms with Crippen LogP contribution in [-0.2, 0) is 4.74 Å². The lowest BCUT2D eigenvalue weighted by Gasteiger charge is -2.41. The van der Waals surface area contributed by atoms with Crippen LogP contribution in [0.15, 0.2) is 22.7 Å². The lowest BCUT2D eigenvalue weighted by atomic mass is 9.78. The number of ether oxygens (including phenoxy) is 1. The van der Waals surface area contributed by atoms with Gasteiger partial charge < -0.3 is 10.1 Å². The van der Waals surface area contributed by atoms with E-state index in [0.717, 1.165) is 25.0 Å². The lowest BCUT2D eigenvalue weighted by Crippen LogP contribution is -2.41. The van der Waals surface area contributed by atoms with Gasteiger partial charge in [-0.3, -0.25) is 0 Å². The zero-order chi connectivity index (χ0) is 14.9. The van der Waals surface area contributed by atoms with Crippen LogP contribution in [0.25, 0.3) is 0 Å². The first-order valence-electron chi connectivity index (χ1n) is 7.90. The molecule has 0 radical (unpaired) electrons. The van der Waals surface area contributed by atoms with Crippen LogP contribution in [0, 0.1) is 11.7 Å². The molecule has 21 heavy (non-hydrogen) atoms. The second kappa shape index (κ2) is 6.35. The topological polar surface area (TPSA) is 21.3 Å². The predicted molar refractivity (Wildman–Crippen MR) is 85.8 cm³/mol. The number of nitrogens with one attached hydrogen (secondary N) is 1. The zero-order valence-electron chi connectivity index (χ0n) is 12.5. The molecule has 3 rings (SSSR count). The van der Waals surface area contributed by atoms with Crippen LogP contribution >= 0.6 is 15.9 Å². The van der Waals surface area contributed by atoms with Gasteiger partial charge in [0.25, 0.3) is 0 Å². The number of hydrogen-bond donors (Lipinski definition) is 1. The molecule has 2 aliphatic rings. The van der Waals surface area contributed by atoms with Crippen LogP contribution in [0.3, 0.4) is 0 Å². The van der Waals surface area contributed by atoms with Crippen LogP contribution in [0.1, 0.15) is 50.1 Å². The smallest absolute Gasteiger partial charge is 0.142 e. The summed E-state index contributed by atoms with van der Waals surface area (Å²) in [5.74, 6) is 0.300. The summed E-state index contributed by atoms with van der Waals surface area (Å²) in [4.78, 5) is 0. The minimum absolute atomic E-state index is 0.0591. The molecule has 1 spiro atoms. The Balaban J connectivity index is 1.84. The van der Waals surface area contributed by atoms with Crippen molar-refractivity contribution in [3.05, 3.63) is 34.1 Å². The predicted octanol–water partition coefficient (Wildman–Crippen LogP) is 4.59. The van der Waals surface area contributed by atoms with Gasteiger partial charge >= 0.3 is 0 Å². The largest absolute Gasteiger partial charge is 0.375 e. The first-order chi connectivity index (χ1) is 10.2. The summed E-state index contributed by atoms with van der Waals surface area (Å²) in [7, 11) is 1.93. The van der Waals surface area contributed by atoms with E-state index in [9.17, 15) is 4.39 Å². The van der Waals surface area contributed by atoms with Gasteiger partial charge in [-0.25, -0.2) is 4.39 Å². The van der Waals surface area contributed by atoms with Crippen molar-refractivity contribution < 1.29 is 9.13 Å². The fourth-order valence-electron chi connectivity index (χ4n) is 4.12. The molecular formula is C17H23BrFNO. The Morgan fingerprint density at radius 1 is 1.38 bits per heavy atom. The monoisotopic (exact) mass is 355 g/mol. The molecule has 1 aliphatic heterocycles. The summed E-state index contributed by atoms with van der Waals surface area (Å²) in [6.45, 7) is 0.804. The van der Waals surface area contributed by atoms with Crippen LogP contribution < -0.4 is 5.32 Å². The second-order valence-corrected chi connectivity index (χ2v) is 7.26. The van der Waals surface area contributed by atoms with Crippen LogP contribution in [0.4, 0.5) is 4.39 Å². The maximum atomic E-state index is 14.4. The van der Waals surface area contributed by atoms with Gasteiger partial charge in [0.15, 0.2) is 0 Å². The molecule has 2 nitrogen and oxygen atoms in total. The van der Waals surface area contributed by atoms with Gasteiger partial charge in [-0.2, -0.15) is 0 Å². The Morgan fingerprint density at radius 2 is 2.14 bits per heavy atom. The van der Waals surface area contributed by atoms with Gasteiger partial charge in [0.05, 0.1) is 10.1 Å². The summed E-state index contributed by atoms with van der Waals surface area (Å²) in [5, 5.41) is 3.35. The molecule has 1 aliphatic carbocycles. The molecule has 2 atom stereocenters. The quantitative estimate of drug-likeness (QED) is 0.856. The van der Waals surface area contributed by atoms with Gasteiger partial charge in [-0.1, -0.05) is 25.0 Å². The number of rotatable bonds is 3. The van der Waals surface area contributed by atoms with Crippen molar-refractivity contribution in [3.63, 3.8) is 0 Å². The first kappa shape index (κ1) is 15.4. The fraction of sp³-hybridized carbons (Fsp3) is 0.647. The lowest BCUT2D eigenvalue weighted by molar-refractivity contribution is -0.0980. The Kier molecular flexibility index (Phi) is 4.67. The van der Waals surface area contributed by atoms with Crippen molar-refractivity contribution in [3.8, 4) is 0 Å². The van der Waals surface area contributed by atoms with E-state index >= 15 is 0 Å². The van der Waals surface area contributed by atoms with E-state index < -0.39 is 0 Å². The summed E-state index contributed by atoms with van der Waals surface area (Å²) < 4.78 is 21.1. The van der Waals surface area contributed by atoms with Crippen molar-refractivity contribution in [2.24, 2.45) is 5.92 Å². The molecule has 0 amide bonds. The molecule has 1 aromatic rings. The molecular weight excluding hydrogens is 333 g/mol. The van der Waals surface area contributed by atoms with E-state index in [2.05, 4.69) is 21.2 Å². The number of benzene rings is 1. The van der Waals surface area contributed by atoms with Crippen LogP contribution in [-0.4, -0.2) is 19.3 Å². The first-order valence-corrected chi connectivity index (χ1v) is 8.70. The molecule has 1 aromatic carbocycles. The molecule has 4 heteroatoms. The van der Waals surface area contributed by atoms with E-state index in [-0.39, 0.29) is 17.5 Å². The average Bonchev–Trinajstić information content (AvgIpc) is 2.92. The minimum atomic E-state index is -0.135. The molecule has 2 fully saturated rings. The van der Waals surface area contributed by atoms with Gasteiger partial charge in [0.1, 0.15) is 5.82 Å². The molecule has 1 N–H and O–H groups in total. The van der Waals surface area contributed by atoms with Crippen LogP contribution in [0.5, 0.6) is 0 Å². The van der Waals surface area contributed by atoms with Crippen molar-refractivity contribution in [2.75, 3.05) is 13.7 Å². The summed E-state index contributed by atoms with van der Waals surface area (Å²) in [6, 6.07) is 5.63. The molecule has 2 unspecified atom stereocenters. The number of hydrogen-bond acceptors (Lipinski definition) is 2. The van der Waals surface area contributed by atoms with Crippen molar-refractivity contribution in [2.45, 2.75) is 50.2 Å². The normalized spacial score (nSPS) is 26.1. The molecule has 116 valence electrons. The SMILES string of the molecule is CNC(c1cccc(Br)c1F)C1CCOC2(CCCC2)C1. The fourth-order valence-corrected chi connectivity index (χ4v) is 4.51. The molecule has 1 heterocycles. The molecule has 0 bridgehead atoms. The maximum absolute atomic E-state index is 14.4. The average molecular weight is 356 g/mol.